The molecule has 0 aliphatic heterocycles. The highest BCUT2D eigenvalue weighted by Gasteiger charge is 2.38. The molecule has 5 nitrogen and oxygen atoms in total. The van der Waals surface area contributed by atoms with Gasteiger partial charge in [0.15, 0.2) is 0 Å². The Bertz CT molecular complexity index is 1110. The highest BCUT2D eigenvalue weighted by molar-refractivity contribution is 9.11. The maximum absolute atomic E-state index is 12.8. The Morgan fingerprint density at radius 3 is 2.43 bits per heavy atom. The zero-order valence-electron chi connectivity index (χ0n) is 13.6. The SMILES string of the molecule is N#CC(=Cc1cccc(NC(=O)C(F)(F)F)c1)S(=O)(=O)c1cc(Br)ccc1Br. The second-order valence-corrected chi connectivity index (χ2v) is 8.93. The molecule has 2 aromatic rings. The number of alkyl halides is 3. The summed E-state index contributed by atoms with van der Waals surface area (Å²) < 4.78 is 63.3. The van der Waals surface area contributed by atoms with Crippen LogP contribution in [-0.2, 0) is 14.6 Å². The van der Waals surface area contributed by atoms with Gasteiger partial charge in [0.25, 0.3) is 0 Å². The predicted molar refractivity (Wildman–Crippen MR) is 104 cm³/mol. The molecular weight excluding hydrogens is 529 g/mol. The third-order valence-corrected chi connectivity index (χ3v) is 6.43. The van der Waals surface area contributed by atoms with Crippen molar-refractivity contribution in [3.63, 3.8) is 0 Å². The van der Waals surface area contributed by atoms with Crippen molar-refractivity contribution in [2.75, 3.05) is 5.32 Å². The standard InChI is InChI=1S/C17H9Br2F3N2O3S/c18-11-4-5-14(19)15(8-11)28(26,27)13(9-23)7-10-2-1-3-12(6-10)24-16(25)17(20,21)22/h1-8H,(H,24,25). The van der Waals surface area contributed by atoms with E-state index in [0.29, 0.717) is 4.47 Å². The first-order valence-electron chi connectivity index (χ1n) is 7.25. The van der Waals surface area contributed by atoms with Crippen LogP contribution in [0, 0.1) is 11.3 Å². The summed E-state index contributed by atoms with van der Waals surface area (Å²) >= 11 is 6.27. The number of nitrogens with zero attached hydrogens (tertiary/aromatic N) is 1. The number of sulfone groups is 1. The summed E-state index contributed by atoms with van der Waals surface area (Å²) in [7, 11) is -4.21. The molecule has 0 aromatic heterocycles. The van der Waals surface area contributed by atoms with Gasteiger partial charge in [-0.05, 0) is 57.9 Å². The molecule has 2 rings (SSSR count). The number of hydrogen-bond acceptors (Lipinski definition) is 4. The van der Waals surface area contributed by atoms with Crippen molar-refractivity contribution in [3.8, 4) is 6.07 Å². The second kappa shape index (κ2) is 8.46. The molecule has 1 N–H and O–H groups in total. The molecule has 0 heterocycles. The van der Waals surface area contributed by atoms with Crippen molar-refractivity contribution < 1.29 is 26.4 Å². The Morgan fingerprint density at radius 1 is 1.14 bits per heavy atom. The van der Waals surface area contributed by atoms with Crippen LogP contribution in [0.25, 0.3) is 6.08 Å². The van der Waals surface area contributed by atoms with Crippen molar-refractivity contribution >= 4 is 59.4 Å². The maximum Gasteiger partial charge on any atom is 0.471 e. The van der Waals surface area contributed by atoms with Crippen LogP contribution in [0.15, 0.2) is 61.2 Å². The summed E-state index contributed by atoms with van der Waals surface area (Å²) in [5.74, 6) is -2.17. The molecule has 0 atom stereocenters. The smallest absolute Gasteiger partial charge is 0.318 e. The van der Waals surface area contributed by atoms with E-state index in [9.17, 15) is 31.6 Å². The van der Waals surface area contributed by atoms with E-state index in [4.69, 9.17) is 0 Å². The molecule has 28 heavy (non-hydrogen) atoms. The average molecular weight is 538 g/mol. The van der Waals surface area contributed by atoms with Gasteiger partial charge in [0.1, 0.15) is 11.0 Å². The Kier molecular flexibility index (Phi) is 6.69. The fourth-order valence-electron chi connectivity index (χ4n) is 2.03. The third-order valence-electron chi connectivity index (χ3n) is 3.28. The average Bonchev–Trinajstić information content (AvgIpc) is 2.61. The first-order valence-corrected chi connectivity index (χ1v) is 10.3. The largest absolute Gasteiger partial charge is 0.471 e. The summed E-state index contributed by atoms with van der Waals surface area (Å²) in [5, 5.41) is 11.0. The molecule has 0 fully saturated rings. The fourth-order valence-corrected chi connectivity index (χ4v) is 4.68. The summed E-state index contributed by atoms with van der Waals surface area (Å²) in [6, 6.07) is 11.0. The number of nitriles is 1. The number of rotatable bonds is 4. The summed E-state index contributed by atoms with van der Waals surface area (Å²) in [6.07, 6.45) is -4.06. The zero-order chi connectivity index (χ0) is 21.1. The Hall–Kier alpha value is -2.16. The van der Waals surface area contributed by atoms with Crippen LogP contribution in [0.2, 0.25) is 0 Å². The fraction of sp³-hybridized carbons (Fsp3) is 0.0588. The molecule has 0 aliphatic rings. The van der Waals surface area contributed by atoms with Gasteiger partial charge in [-0.3, -0.25) is 4.79 Å². The van der Waals surface area contributed by atoms with E-state index in [1.54, 1.807) is 17.5 Å². The first-order chi connectivity index (χ1) is 12.9. The van der Waals surface area contributed by atoms with Crippen LogP contribution in [0.5, 0.6) is 0 Å². The highest BCUT2D eigenvalue weighted by Crippen LogP contribution is 2.31. The number of carbonyl (C=O) groups excluding carboxylic acids is 1. The van der Waals surface area contributed by atoms with Gasteiger partial charge in [0, 0.05) is 14.6 Å². The van der Waals surface area contributed by atoms with Crippen molar-refractivity contribution in [2.24, 2.45) is 0 Å². The molecule has 2 aromatic carbocycles. The number of halogens is 5. The monoisotopic (exact) mass is 536 g/mol. The van der Waals surface area contributed by atoms with Gasteiger partial charge in [-0.2, -0.15) is 18.4 Å². The number of allylic oxidation sites excluding steroid dienone is 1. The van der Waals surface area contributed by atoms with Crippen LogP contribution in [0.4, 0.5) is 18.9 Å². The van der Waals surface area contributed by atoms with Crippen LogP contribution < -0.4 is 5.32 Å². The normalized spacial score (nSPS) is 12.4. The van der Waals surface area contributed by atoms with Crippen molar-refractivity contribution in [1.29, 1.82) is 5.26 Å². The van der Waals surface area contributed by atoms with Gasteiger partial charge in [-0.25, -0.2) is 8.42 Å². The van der Waals surface area contributed by atoms with Gasteiger partial charge < -0.3 is 5.32 Å². The van der Waals surface area contributed by atoms with Crippen molar-refractivity contribution in [2.45, 2.75) is 11.1 Å². The van der Waals surface area contributed by atoms with Gasteiger partial charge in [-0.1, -0.05) is 28.1 Å². The lowest BCUT2D eigenvalue weighted by molar-refractivity contribution is -0.167. The molecule has 0 saturated heterocycles. The lowest BCUT2D eigenvalue weighted by Crippen LogP contribution is -2.29. The maximum atomic E-state index is 12.8. The summed E-state index contributed by atoms with van der Waals surface area (Å²) in [5.41, 5.74) is -0.0828. The Balaban J connectivity index is 2.45. The minimum atomic E-state index is -5.07. The lowest BCUT2D eigenvalue weighted by Gasteiger charge is -2.09. The molecule has 146 valence electrons. The van der Waals surface area contributed by atoms with Crippen LogP contribution in [-0.4, -0.2) is 20.5 Å². The Labute approximate surface area is 175 Å². The van der Waals surface area contributed by atoms with Crippen molar-refractivity contribution in [3.05, 3.63) is 61.9 Å². The van der Waals surface area contributed by atoms with E-state index in [0.717, 1.165) is 12.1 Å². The number of benzene rings is 2. The number of anilines is 1. The van der Waals surface area contributed by atoms with E-state index in [1.165, 1.54) is 30.3 Å². The van der Waals surface area contributed by atoms with E-state index in [2.05, 4.69) is 31.9 Å². The number of nitrogens with one attached hydrogen (secondary N) is 1. The number of carbonyl (C=O) groups is 1. The van der Waals surface area contributed by atoms with Gasteiger partial charge in [0.05, 0.1) is 4.90 Å². The molecule has 0 spiro atoms. The quantitative estimate of drug-likeness (QED) is 0.553. The molecule has 11 heteroatoms. The van der Waals surface area contributed by atoms with Gasteiger partial charge in [-0.15, -0.1) is 0 Å². The third kappa shape index (κ3) is 5.21. The Morgan fingerprint density at radius 2 is 1.82 bits per heavy atom. The molecule has 0 saturated carbocycles. The van der Waals surface area contributed by atoms with Crippen molar-refractivity contribution in [1.82, 2.24) is 0 Å². The molecule has 0 bridgehead atoms. The van der Waals surface area contributed by atoms with E-state index in [-0.39, 0.29) is 20.6 Å². The summed E-state index contributed by atoms with van der Waals surface area (Å²) in [6.45, 7) is 0. The second-order valence-electron chi connectivity index (χ2n) is 5.28. The predicted octanol–water partition coefficient (Wildman–Crippen LogP) is 5.05. The van der Waals surface area contributed by atoms with Gasteiger partial charge in [0.2, 0.25) is 9.84 Å². The molecule has 0 aliphatic carbocycles. The van der Waals surface area contributed by atoms with E-state index >= 15 is 0 Å². The zero-order valence-corrected chi connectivity index (χ0v) is 17.6. The summed E-state index contributed by atoms with van der Waals surface area (Å²) in [4.78, 5) is 10.3. The highest BCUT2D eigenvalue weighted by atomic mass is 79.9. The first kappa shape index (κ1) is 22.1. The minimum Gasteiger partial charge on any atom is -0.318 e. The van der Waals surface area contributed by atoms with Crippen LogP contribution in [0.1, 0.15) is 5.56 Å². The van der Waals surface area contributed by atoms with E-state index in [1.807, 2.05) is 0 Å². The van der Waals surface area contributed by atoms with Crippen LogP contribution in [0.3, 0.4) is 0 Å². The van der Waals surface area contributed by atoms with Gasteiger partial charge >= 0.3 is 12.1 Å². The number of hydrogen-bond donors (Lipinski definition) is 1. The molecule has 0 unspecified atom stereocenters. The lowest BCUT2D eigenvalue weighted by atomic mass is 10.2. The van der Waals surface area contributed by atoms with Crippen LogP contribution >= 0.6 is 31.9 Å². The van der Waals surface area contributed by atoms with E-state index < -0.39 is 26.8 Å². The minimum absolute atomic E-state index is 0.117. The molecule has 1 amide bonds. The molecular formula is C17H9Br2F3N2O3S. The molecule has 0 radical (unpaired) electrons. The topological polar surface area (TPSA) is 87.0 Å². The number of amides is 1.